The first-order valence-electron chi connectivity index (χ1n) is 5.12. The van der Waals surface area contributed by atoms with E-state index in [9.17, 15) is 25.0 Å². The van der Waals surface area contributed by atoms with Crippen LogP contribution in [0.25, 0.3) is 0 Å². The lowest BCUT2D eigenvalue weighted by atomic mass is 10.3. The van der Waals surface area contributed by atoms with Crippen LogP contribution in [0.2, 0.25) is 0 Å². The molecular weight excluding hydrogens is 260 g/mol. The van der Waals surface area contributed by atoms with Gasteiger partial charge in [-0.05, 0) is 19.1 Å². The van der Waals surface area contributed by atoms with E-state index in [-0.39, 0.29) is 5.75 Å². The van der Waals surface area contributed by atoms with E-state index < -0.39 is 28.3 Å². The van der Waals surface area contributed by atoms with Gasteiger partial charge < -0.3 is 9.47 Å². The summed E-state index contributed by atoms with van der Waals surface area (Å²) in [7, 11) is 0. The topological polar surface area (TPSA) is 122 Å². The molecule has 0 bridgehead atoms. The van der Waals surface area contributed by atoms with Crippen molar-refractivity contribution in [3.8, 4) is 5.75 Å². The molecule has 0 aromatic heterocycles. The largest absolute Gasteiger partial charge is 0.514 e. The number of hydrogen-bond donors (Lipinski definition) is 0. The standard InChI is InChI=1S/C10H10N2O7/c1-7(9(11(14)15)12(16)17)18-10(13)19-8-5-3-2-4-6-8/h2-7,9H,1H3. The van der Waals surface area contributed by atoms with Crippen LogP contribution >= 0.6 is 0 Å². The van der Waals surface area contributed by atoms with Crippen molar-refractivity contribution >= 4 is 6.16 Å². The molecule has 1 atom stereocenters. The lowest BCUT2D eigenvalue weighted by Gasteiger charge is -2.11. The summed E-state index contributed by atoms with van der Waals surface area (Å²) in [5, 5.41) is 20.9. The van der Waals surface area contributed by atoms with Crippen molar-refractivity contribution in [1.29, 1.82) is 0 Å². The molecule has 9 heteroatoms. The maximum absolute atomic E-state index is 11.3. The summed E-state index contributed by atoms with van der Waals surface area (Å²) in [5.41, 5.74) is 0. The van der Waals surface area contributed by atoms with Gasteiger partial charge in [-0.15, -0.1) is 0 Å². The van der Waals surface area contributed by atoms with Gasteiger partial charge in [0.2, 0.25) is 6.10 Å². The van der Waals surface area contributed by atoms with E-state index in [2.05, 4.69) is 9.47 Å². The number of rotatable bonds is 5. The Hall–Kier alpha value is -2.71. The summed E-state index contributed by atoms with van der Waals surface area (Å²) in [6.07, 6.45) is -5.03. The fraction of sp³-hybridized carbons (Fsp3) is 0.300. The Labute approximate surface area is 107 Å². The van der Waals surface area contributed by atoms with Crippen LogP contribution in [0.5, 0.6) is 5.75 Å². The molecule has 0 aliphatic heterocycles. The Morgan fingerprint density at radius 3 is 2.16 bits per heavy atom. The normalized spacial score (nSPS) is 11.7. The van der Waals surface area contributed by atoms with Gasteiger partial charge in [-0.3, -0.25) is 20.2 Å². The van der Waals surface area contributed by atoms with Gasteiger partial charge in [0.05, 0.1) is 9.85 Å². The first-order valence-corrected chi connectivity index (χ1v) is 5.12. The predicted octanol–water partition coefficient (Wildman–Crippen LogP) is 1.47. The summed E-state index contributed by atoms with van der Waals surface area (Å²) in [4.78, 5) is 29.9. The molecule has 0 radical (unpaired) electrons. The molecule has 19 heavy (non-hydrogen) atoms. The van der Waals surface area contributed by atoms with Crippen molar-refractivity contribution in [3.63, 3.8) is 0 Å². The molecule has 0 spiro atoms. The molecule has 1 unspecified atom stereocenters. The Morgan fingerprint density at radius 2 is 1.68 bits per heavy atom. The SMILES string of the molecule is CC(OC(=O)Oc1ccccc1)C([N+](=O)[O-])[N+](=O)[O-]. The van der Waals surface area contributed by atoms with Crippen LogP contribution in [0.1, 0.15) is 6.92 Å². The maximum atomic E-state index is 11.3. The first-order chi connectivity index (χ1) is 8.91. The average molecular weight is 270 g/mol. The van der Waals surface area contributed by atoms with Gasteiger partial charge in [-0.25, -0.2) is 4.79 Å². The summed E-state index contributed by atoms with van der Waals surface area (Å²) in [6.45, 7) is 1.04. The minimum atomic E-state index is -2.23. The number of nitro groups is 2. The number of nitrogens with zero attached hydrogens (tertiary/aromatic N) is 2. The van der Waals surface area contributed by atoms with E-state index in [4.69, 9.17) is 0 Å². The summed E-state index contributed by atoms with van der Waals surface area (Å²) in [6, 6.07) is 7.82. The van der Waals surface area contributed by atoms with Crippen LogP contribution in [0.3, 0.4) is 0 Å². The van der Waals surface area contributed by atoms with E-state index in [0.29, 0.717) is 0 Å². The molecule has 0 aliphatic rings. The smallest absolute Gasteiger partial charge is 0.415 e. The van der Waals surface area contributed by atoms with Crippen molar-refractivity contribution in [2.45, 2.75) is 19.2 Å². The third-order valence-corrected chi connectivity index (χ3v) is 2.08. The molecule has 1 aromatic rings. The van der Waals surface area contributed by atoms with Crippen LogP contribution in [0, 0.1) is 20.2 Å². The Morgan fingerprint density at radius 1 is 1.16 bits per heavy atom. The number of carbonyl (C=O) groups excluding carboxylic acids is 1. The van der Waals surface area contributed by atoms with Gasteiger partial charge in [0, 0.05) is 0 Å². The lowest BCUT2D eigenvalue weighted by Crippen LogP contribution is -2.41. The Kier molecular flexibility index (Phi) is 4.75. The summed E-state index contributed by atoms with van der Waals surface area (Å²) in [5.74, 6) is 0.165. The monoisotopic (exact) mass is 270 g/mol. The van der Waals surface area contributed by atoms with Gasteiger partial charge in [0.15, 0.2) is 0 Å². The molecule has 0 aliphatic carbocycles. The summed E-state index contributed by atoms with van der Waals surface area (Å²) < 4.78 is 9.18. The highest BCUT2D eigenvalue weighted by molar-refractivity contribution is 5.63. The van der Waals surface area contributed by atoms with Gasteiger partial charge in [-0.1, -0.05) is 18.2 Å². The van der Waals surface area contributed by atoms with Gasteiger partial charge >= 0.3 is 12.3 Å². The highest BCUT2D eigenvalue weighted by Crippen LogP contribution is 2.11. The van der Waals surface area contributed by atoms with Crippen LogP contribution in [-0.2, 0) is 4.74 Å². The van der Waals surface area contributed by atoms with Crippen LogP contribution in [-0.4, -0.2) is 28.3 Å². The average Bonchev–Trinajstić information content (AvgIpc) is 2.28. The molecule has 1 aromatic carbocycles. The number of ether oxygens (including phenoxy) is 2. The number of hydrogen-bond acceptors (Lipinski definition) is 7. The second-order valence-corrected chi connectivity index (χ2v) is 3.47. The van der Waals surface area contributed by atoms with Gasteiger partial charge in [0.25, 0.3) is 0 Å². The predicted molar refractivity (Wildman–Crippen MR) is 60.8 cm³/mol. The van der Waals surface area contributed by atoms with E-state index in [0.717, 1.165) is 6.92 Å². The van der Waals surface area contributed by atoms with Crippen molar-refractivity contribution in [2.24, 2.45) is 0 Å². The van der Waals surface area contributed by atoms with E-state index >= 15 is 0 Å². The maximum Gasteiger partial charge on any atom is 0.514 e. The van der Waals surface area contributed by atoms with E-state index in [1.54, 1.807) is 18.2 Å². The molecule has 0 amide bonds. The second kappa shape index (κ2) is 6.28. The summed E-state index contributed by atoms with van der Waals surface area (Å²) >= 11 is 0. The number of carbonyl (C=O) groups is 1. The van der Waals surface area contributed by atoms with Crippen molar-refractivity contribution < 1.29 is 24.1 Å². The van der Waals surface area contributed by atoms with E-state index in [1.807, 2.05) is 0 Å². The molecule has 0 fully saturated rings. The minimum absolute atomic E-state index is 0.165. The molecule has 0 saturated carbocycles. The number of para-hydroxylation sites is 1. The fourth-order valence-corrected chi connectivity index (χ4v) is 1.24. The third kappa shape index (κ3) is 4.22. The highest BCUT2D eigenvalue weighted by Gasteiger charge is 2.42. The Balaban J connectivity index is 2.61. The van der Waals surface area contributed by atoms with E-state index in [1.165, 1.54) is 12.1 Å². The lowest BCUT2D eigenvalue weighted by molar-refractivity contribution is -0.750. The third-order valence-electron chi connectivity index (χ3n) is 2.08. The van der Waals surface area contributed by atoms with Crippen LogP contribution in [0.4, 0.5) is 4.79 Å². The molecule has 102 valence electrons. The van der Waals surface area contributed by atoms with Gasteiger partial charge in [0.1, 0.15) is 5.75 Å². The van der Waals surface area contributed by atoms with Crippen LogP contribution in [0.15, 0.2) is 30.3 Å². The first kappa shape index (κ1) is 14.4. The fourth-order valence-electron chi connectivity index (χ4n) is 1.24. The Bertz CT molecular complexity index is 462. The second-order valence-electron chi connectivity index (χ2n) is 3.47. The van der Waals surface area contributed by atoms with Crippen molar-refractivity contribution in [1.82, 2.24) is 0 Å². The molecule has 0 N–H and O–H groups in total. The molecular formula is C10H10N2O7. The minimum Gasteiger partial charge on any atom is -0.415 e. The molecule has 9 nitrogen and oxygen atoms in total. The van der Waals surface area contributed by atoms with Crippen LogP contribution < -0.4 is 4.74 Å². The van der Waals surface area contributed by atoms with Crippen molar-refractivity contribution in [3.05, 3.63) is 50.6 Å². The zero-order chi connectivity index (χ0) is 14.4. The zero-order valence-electron chi connectivity index (χ0n) is 9.79. The van der Waals surface area contributed by atoms with Gasteiger partial charge in [-0.2, -0.15) is 0 Å². The molecule has 0 heterocycles. The molecule has 1 rings (SSSR count). The van der Waals surface area contributed by atoms with Crippen molar-refractivity contribution in [2.75, 3.05) is 0 Å². The quantitative estimate of drug-likeness (QED) is 0.261. The zero-order valence-corrected chi connectivity index (χ0v) is 9.79. The number of benzene rings is 1. The molecule has 0 saturated heterocycles. The highest BCUT2D eigenvalue weighted by atomic mass is 16.7.